The van der Waals surface area contributed by atoms with Crippen molar-refractivity contribution < 1.29 is 0 Å². The van der Waals surface area contributed by atoms with Gasteiger partial charge in [0.15, 0.2) is 0 Å². The summed E-state index contributed by atoms with van der Waals surface area (Å²) in [5.74, 6) is 2.66. The third-order valence-electron chi connectivity index (χ3n) is 4.89. The van der Waals surface area contributed by atoms with Gasteiger partial charge in [0.05, 0.1) is 0 Å². The molecule has 1 saturated carbocycles. The molecule has 0 spiro atoms. The molecule has 0 radical (unpaired) electrons. The molecule has 0 aromatic heterocycles. The van der Waals surface area contributed by atoms with Gasteiger partial charge in [-0.3, -0.25) is 0 Å². The molecule has 3 atom stereocenters. The van der Waals surface area contributed by atoms with Crippen molar-refractivity contribution in [1.29, 1.82) is 0 Å². The molecule has 1 fully saturated rings. The van der Waals surface area contributed by atoms with Crippen LogP contribution in [0.2, 0.25) is 0 Å². The van der Waals surface area contributed by atoms with Crippen LogP contribution in [-0.2, 0) is 0 Å². The average Bonchev–Trinajstić information content (AvgIpc) is 1.99. The third-order valence-corrected chi connectivity index (χ3v) is 4.89. The predicted molar refractivity (Wildman–Crippen MR) is 64.3 cm³/mol. The Bertz CT molecular complexity index is 182. The Kier molecular flexibility index (Phi) is 3.05. The standard InChI is InChI=1S/C14H28/c1-10(11(2)13(3,4)5)12-8-9-14(12,6)7/h10-12H,8-9H2,1-7H3/t10-,11?,12?/m0/s1. The van der Waals surface area contributed by atoms with E-state index in [0.717, 1.165) is 17.8 Å². The first-order chi connectivity index (χ1) is 6.16. The fourth-order valence-electron chi connectivity index (χ4n) is 3.00. The lowest BCUT2D eigenvalue weighted by Gasteiger charge is -2.51. The van der Waals surface area contributed by atoms with Crippen molar-refractivity contribution in [3.05, 3.63) is 0 Å². The van der Waals surface area contributed by atoms with Gasteiger partial charge in [-0.05, 0) is 41.4 Å². The van der Waals surface area contributed by atoms with Gasteiger partial charge in [0.25, 0.3) is 0 Å². The second-order valence-electron chi connectivity index (χ2n) is 7.15. The highest BCUT2D eigenvalue weighted by atomic mass is 14.5. The van der Waals surface area contributed by atoms with Crippen LogP contribution in [0.15, 0.2) is 0 Å². The highest BCUT2D eigenvalue weighted by molar-refractivity contribution is 4.94. The van der Waals surface area contributed by atoms with E-state index in [9.17, 15) is 0 Å². The summed E-state index contributed by atoms with van der Waals surface area (Å²) in [5.41, 5.74) is 1.07. The van der Waals surface area contributed by atoms with Crippen LogP contribution < -0.4 is 0 Å². The molecule has 0 N–H and O–H groups in total. The van der Waals surface area contributed by atoms with Crippen LogP contribution in [0.1, 0.15) is 61.3 Å². The summed E-state index contributed by atoms with van der Waals surface area (Å²) in [4.78, 5) is 0. The highest BCUT2D eigenvalue weighted by Gasteiger charge is 2.44. The van der Waals surface area contributed by atoms with Crippen molar-refractivity contribution in [3.63, 3.8) is 0 Å². The molecule has 0 aliphatic heterocycles. The van der Waals surface area contributed by atoms with Crippen LogP contribution in [-0.4, -0.2) is 0 Å². The van der Waals surface area contributed by atoms with E-state index in [1.54, 1.807) is 0 Å². The molecular formula is C14H28. The summed E-state index contributed by atoms with van der Waals surface area (Å²) in [5, 5.41) is 0. The normalized spacial score (nSPS) is 30.6. The molecule has 2 unspecified atom stereocenters. The summed E-state index contributed by atoms with van der Waals surface area (Å²) >= 11 is 0. The number of rotatable bonds is 2. The molecule has 0 saturated heterocycles. The van der Waals surface area contributed by atoms with E-state index in [1.807, 2.05) is 0 Å². The van der Waals surface area contributed by atoms with Gasteiger partial charge in [0.1, 0.15) is 0 Å². The smallest absolute Gasteiger partial charge is 0.0323 e. The Labute approximate surface area is 90.5 Å². The van der Waals surface area contributed by atoms with Crippen LogP contribution in [0.4, 0.5) is 0 Å². The fourth-order valence-corrected chi connectivity index (χ4v) is 3.00. The Morgan fingerprint density at radius 2 is 1.64 bits per heavy atom. The van der Waals surface area contributed by atoms with Crippen molar-refractivity contribution >= 4 is 0 Å². The molecule has 0 bridgehead atoms. The monoisotopic (exact) mass is 196 g/mol. The van der Waals surface area contributed by atoms with Crippen molar-refractivity contribution in [1.82, 2.24) is 0 Å². The summed E-state index contributed by atoms with van der Waals surface area (Å²) in [6, 6.07) is 0. The maximum atomic E-state index is 2.46. The number of hydrogen-bond acceptors (Lipinski definition) is 0. The van der Waals surface area contributed by atoms with Gasteiger partial charge in [0.2, 0.25) is 0 Å². The van der Waals surface area contributed by atoms with Gasteiger partial charge in [0, 0.05) is 0 Å². The molecule has 0 aromatic rings. The average molecular weight is 196 g/mol. The zero-order valence-corrected chi connectivity index (χ0v) is 11.1. The topological polar surface area (TPSA) is 0 Å². The zero-order valence-electron chi connectivity index (χ0n) is 11.1. The Hall–Kier alpha value is 0. The second kappa shape index (κ2) is 3.54. The van der Waals surface area contributed by atoms with E-state index in [0.29, 0.717) is 10.8 Å². The Balaban J connectivity index is 2.62. The molecule has 0 heterocycles. The molecule has 84 valence electrons. The Morgan fingerprint density at radius 3 is 1.86 bits per heavy atom. The van der Waals surface area contributed by atoms with Crippen molar-refractivity contribution in [2.75, 3.05) is 0 Å². The van der Waals surface area contributed by atoms with Gasteiger partial charge < -0.3 is 0 Å². The molecule has 1 aliphatic carbocycles. The molecule has 1 rings (SSSR count). The SMILES string of the molecule is CC([C@H](C)C1CCC1(C)C)C(C)(C)C. The Morgan fingerprint density at radius 1 is 1.14 bits per heavy atom. The minimum atomic E-state index is 0.463. The molecule has 0 heteroatoms. The third kappa shape index (κ3) is 2.15. The van der Waals surface area contributed by atoms with Gasteiger partial charge in [-0.2, -0.15) is 0 Å². The minimum Gasteiger partial charge on any atom is -0.0619 e. The summed E-state index contributed by atoms with van der Waals surface area (Å²) < 4.78 is 0. The van der Waals surface area contributed by atoms with Crippen LogP contribution in [0.25, 0.3) is 0 Å². The minimum absolute atomic E-state index is 0.463. The van der Waals surface area contributed by atoms with E-state index in [4.69, 9.17) is 0 Å². The fraction of sp³-hybridized carbons (Fsp3) is 1.00. The highest BCUT2D eigenvalue weighted by Crippen LogP contribution is 2.53. The van der Waals surface area contributed by atoms with Gasteiger partial charge >= 0.3 is 0 Å². The second-order valence-corrected chi connectivity index (χ2v) is 7.15. The number of hydrogen-bond donors (Lipinski definition) is 0. The molecule has 14 heavy (non-hydrogen) atoms. The van der Waals surface area contributed by atoms with Gasteiger partial charge in [-0.15, -0.1) is 0 Å². The van der Waals surface area contributed by atoms with E-state index in [-0.39, 0.29) is 0 Å². The molecule has 0 aromatic carbocycles. The maximum Gasteiger partial charge on any atom is -0.0323 e. The van der Waals surface area contributed by atoms with E-state index in [2.05, 4.69) is 48.5 Å². The summed E-state index contributed by atoms with van der Waals surface area (Å²) in [6.07, 6.45) is 2.88. The van der Waals surface area contributed by atoms with Crippen molar-refractivity contribution in [3.8, 4) is 0 Å². The first kappa shape index (κ1) is 12.1. The summed E-state index contributed by atoms with van der Waals surface area (Å²) in [6.45, 7) is 16.9. The largest absolute Gasteiger partial charge is 0.0619 e. The molecule has 0 nitrogen and oxygen atoms in total. The lowest BCUT2D eigenvalue weighted by Crippen LogP contribution is -2.43. The van der Waals surface area contributed by atoms with Crippen LogP contribution in [0.5, 0.6) is 0 Å². The van der Waals surface area contributed by atoms with Gasteiger partial charge in [-0.25, -0.2) is 0 Å². The van der Waals surface area contributed by atoms with Crippen LogP contribution in [0.3, 0.4) is 0 Å². The first-order valence-electron chi connectivity index (χ1n) is 6.16. The van der Waals surface area contributed by atoms with Crippen molar-refractivity contribution in [2.45, 2.75) is 61.3 Å². The predicted octanol–water partition coefficient (Wildman–Crippen LogP) is 4.74. The van der Waals surface area contributed by atoms with Gasteiger partial charge in [-0.1, -0.05) is 48.5 Å². The first-order valence-corrected chi connectivity index (χ1v) is 6.16. The van der Waals surface area contributed by atoms with Crippen LogP contribution >= 0.6 is 0 Å². The zero-order chi connectivity index (χ0) is 11.1. The lowest BCUT2D eigenvalue weighted by atomic mass is 9.54. The molecule has 0 amide bonds. The van der Waals surface area contributed by atoms with Crippen LogP contribution in [0, 0.1) is 28.6 Å². The lowest BCUT2D eigenvalue weighted by molar-refractivity contribution is -0.0162. The maximum absolute atomic E-state index is 2.46. The van der Waals surface area contributed by atoms with E-state index in [1.165, 1.54) is 12.8 Å². The van der Waals surface area contributed by atoms with Crippen molar-refractivity contribution in [2.24, 2.45) is 28.6 Å². The van der Waals surface area contributed by atoms with E-state index >= 15 is 0 Å². The van der Waals surface area contributed by atoms with E-state index < -0.39 is 0 Å². The molecular weight excluding hydrogens is 168 g/mol. The quantitative estimate of drug-likeness (QED) is 0.598. The molecule has 1 aliphatic rings. The summed E-state index contributed by atoms with van der Waals surface area (Å²) in [7, 11) is 0.